The lowest BCUT2D eigenvalue weighted by molar-refractivity contribution is -0.0268. The molecule has 3 heteroatoms. The molecule has 1 aliphatic rings. The summed E-state index contributed by atoms with van der Waals surface area (Å²) in [5.74, 6) is 1.11. The summed E-state index contributed by atoms with van der Waals surface area (Å²) in [4.78, 5) is 2.43. The fourth-order valence-corrected chi connectivity index (χ4v) is 2.79. The minimum Gasteiger partial charge on any atom is -0.389 e. The predicted molar refractivity (Wildman–Crippen MR) is 82.4 cm³/mol. The molecule has 2 N–H and O–H groups in total. The van der Waals surface area contributed by atoms with E-state index in [9.17, 15) is 5.11 Å². The zero-order valence-electron chi connectivity index (χ0n) is 13.6. The maximum absolute atomic E-state index is 10.4. The zero-order valence-corrected chi connectivity index (χ0v) is 13.6. The first-order valence-electron chi connectivity index (χ1n) is 8.05. The summed E-state index contributed by atoms with van der Waals surface area (Å²) in [6, 6.07) is 0.632. The Labute approximate surface area is 119 Å². The number of aliphatic hydroxyl groups is 1. The SMILES string of the molecule is CCCNC(C)C1CCN(CC(C)(O)C(C)C)CC1. The number of likely N-dealkylation sites (tertiary alicyclic amines) is 1. The molecule has 1 rings (SSSR count). The molecule has 0 aromatic heterocycles. The van der Waals surface area contributed by atoms with Crippen LogP contribution >= 0.6 is 0 Å². The number of hydrogen-bond donors (Lipinski definition) is 2. The first kappa shape index (κ1) is 16.9. The van der Waals surface area contributed by atoms with Crippen LogP contribution in [-0.2, 0) is 0 Å². The van der Waals surface area contributed by atoms with E-state index in [1.807, 2.05) is 6.92 Å². The van der Waals surface area contributed by atoms with Crippen molar-refractivity contribution in [1.82, 2.24) is 10.2 Å². The van der Waals surface area contributed by atoms with Gasteiger partial charge < -0.3 is 15.3 Å². The normalized spacial score (nSPS) is 23.5. The van der Waals surface area contributed by atoms with Crippen molar-refractivity contribution < 1.29 is 5.11 Å². The topological polar surface area (TPSA) is 35.5 Å². The van der Waals surface area contributed by atoms with Gasteiger partial charge >= 0.3 is 0 Å². The molecule has 0 aliphatic carbocycles. The number of hydrogen-bond acceptors (Lipinski definition) is 3. The Balaban J connectivity index is 2.32. The van der Waals surface area contributed by atoms with Crippen molar-refractivity contribution in [2.75, 3.05) is 26.2 Å². The van der Waals surface area contributed by atoms with E-state index in [0.717, 1.165) is 32.1 Å². The highest BCUT2D eigenvalue weighted by Crippen LogP contribution is 2.24. The predicted octanol–water partition coefficient (Wildman–Crippen LogP) is 2.49. The Morgan fingerprint density at radius 1 is 1.26 bits per heavy atom. The van der Waals surface area contributed by atoms with Gasteiger partial charge in [0.15, 0.2) is 0 Å². The molecule has 19 heavy (non-hydrogen) atoms. The summed E-state index contributed by atoms with van der Waals surface area (Å²) in [5.41, 5.74) is -0.557. The van der Waals surface area contributed by atoms with E-state index in [4.69, 9.17) is 0 Å². The van der Waals surface area contributed by atoms with Crippen LogP contribution in [0.1, 0.15) is 53.9 Å². The molecular formula is C16H34N2O. The molecule has 1 aliphatic heterocycles. The molecule has 2 unspecified atom stereocenters. The fourth-order valence-electron chi connectivity index (χ4n) is 2.79. The summed E-state index contributed by atoms with van der Waals surface area (Å²) < 4.78 is 0. The smallest absolute Gasteiger partial charge is 0.0768 e. The van der Waals surface area contributed by atoms with Crippen molar-refractivity contribution in [2.45, 2.75) is 65.5 Å². The van der Waals surface area contributed by atoms with Crippen LogP contribution in [0.3, 0.4) is 0 Å². The van der Waals surface area contributed by atoms with E-state index in [1.165, 1.54) is 19.3 Å². The third-order valence-electron chi connectivity index (χ3n) is 4.84. The van der Waals surface area contributed by atoms with Gasteiger partial charge in [0.1, 0.15) is 0 Å². The van der Waals surface area contributed by atoms with Crippen molar-refractivity contribution in [3.05, 3.63) is 0 Å². The maximum atomic E-state index is 10.4. The molecule has 3 nitrogen and oxygen atoms in total. The number of rotatable bonds is 7. The standard InChI is InChI=1S/C16H34N2O/c1-6-9-17-14(4)15-7-10-18(11-8-15)12-16(5,19)13(2)3/h13-15,17,19H,6-12H2,1-5H3. The van der Waals surface area contributed by atoms with Gasteiger partial charge in [-0.3, -0.25) is 0 Å². The number of nitrogens with zero attached hydrogens (tertiary/aromatic N) is 1. The first-order chi connectivity index (χ1) is 8.86. The molecule has 0 aromatic carbocycles. The third-order valence-corrected chi connectivity index (χ3v) is 4.84. The molecular weight excluding hydrogens is 236 g/mol. The molecule has 2 atom stereocenters. The van der Waals surface area contributed by atoms with E-state index in [1.54, 1.807) is 0 Å². The highest BCUT2D eigenvalue weighted by Gasteiger charge is 2.30. The quantitative estimate of drug-likeness (QED) is 0.746. The summed E-state index contributed by atoms with van der Waals surface area (Å²) in [6.07, 6.45) is 3.72. The second-order valence-electron chi connectivity index (χ2n) is 6.87. The monoisotopic (exact) mass is 270 g/mol. The molecule has 114 valence electrons. The summed E-state index contributed by atoms with van der Waals surface area (Å²) in [6.45, 7) is 14.9. The molecule has 0 radical (unpaired) electrons. The average molecular weight is 270 g/mol. The van der Waals surface area contributed by atoms with Crippen molar-refractivity contribution in [3.8, 4) is 0 Å². The maximum Gasteiger partial charge on any atom is 0.0768 e. The third kappa shape index (κ3) is 5.41. The molecule has 0 amide bonds. The van der Waals surface area contributed by atoms with Crippen LogP contribution in [0.15, 0.2) is 0 Å². The number of β-amino-alcohol motifs (C(OH)–C–C–N with tert-alkyl or cyclic N) is 1. The number of nitrogens with one attached hydrogen (secondary N) is 1. The van der Waals surface area contributed by atoms with Crippen LogP contribution < -0.4 is 5.32 Å². The zero-order chi connectivity index (χ0) is 14.5. The highest BCUT2D eigenvalue weighted by molar-refractivity contribution is 4.85. The van der Waals surface area contributed by atoms with E-state index >= 15 is 0 Å². The van der Waals surface area contributed by atoms with Gasteiger partial charge in [-0.15, -0.1) is 0 Å². The molecule has 1 saturated heterocycles. The first-order valence-corrected chi connectivity index (χ1v) is 8.05. The Bertz CT molecular complexity index is 245. The van der Waals surface area contributed by atoms with E-state index in [0.29, 0.717) is 12.0 Å². The lowest BCUT2D eigenvalue weighted by atomic mass is 9.87. The minimum absolute atomic E-state index is 0.315. The van der Waals surface area contributed by atoms with Gasteiger partial charge in [0.05, 0.1) is 5.60 Å². The Hall–Kier alpha value is -0.120. The molecule has 1 heterocycles. The van der Waals surface area contributed by atoms with Crippen LogP contribution in [0.25, 0.3) is 0 Å². The van der Waals surface area contributed by atoms with Gasteiger partial charge in [0, 0.05) is 12.6 Å². The van der Waals surface area contributed by atoms with Crippen LogP contribution in [0, 0.1) is 11.8 Å². The second-order valence-corrected chi connectivity index (χ2v) is 6.87. The summed E-state index contributed by atoms with van der Waals surface area (Å²) in [7, 11) is 0. The van der Waals surface area contributed by atoms with Crippen LogP contribution in [0.4, 0.5) is 0 Å². The lowest BCUT2D eigenvalue weighted by Gasteiger charge is -2.39. The summed E-state index contributed by atoms with van der Waals surface area (Å²) >= 11 is 0. The van der Waals surface area contributed by atoms with Crippen LogP contribution in [0.2, 0.25) is 0 Å². The van der Waals surface area contributed by atoms with Crippen LogP contribution in [-0.4, -0.2) is 47.8 Å². The summed E-state index contributed by atoms with van der Waals surface area (Å²) in [5, 5.41) is 14.0. The molecule has 0 aromatic rings. The van der Waals surface area contributed by atoms with Gasteiger partial charge in [0.2, 0.25) is 0 Å². The Morgan fingerprint density at radius 3 is 2.32 bits per heavy atom. The highest BCUT2D eigenvalue weighted by atomic mass is 16.3. The minimum atomic E-state index is -0.557. The second kappa shape index (κ2) is 7.61. The van der Waals surface area contributed by atoms with E-state index < -0.39 is 5.60 Å². The van der Waals surface area contributed by atoms with Crippen molar-refractivity contribution in [1.29, 1.82) is 0 Å². The Kier molecular flexibility index (Phi) is 6.78. The van der Waals surface area contributed by atoms with Gasteiger partial charge in [-0.25, -0.2) is 0 Å². The van der Waals surface area contributed by atoms with Crippen LogP contribution in [0.5, 0.6) is 0 Å². The molecule has 0 bridgehead atoms. The van der Waals surface area contributed by atoms with E-state index in [2.05, 4.69) is 37.9 Å². The molecule has 0 saturated carbocycles. The molecule has 1 fully saturated rings. The van der Waals surface area contributed by atoms with Gasteiger partial charge in [-0.2, -0.15) is 0 Å². The largest absolute Gasteiger partial charge is 0.389 e. The Morgan fingerprint density at radius 2 is 1.84 bits per heavy atom. The van der Waals surface area contributed by atoms with Gasteiger partial charge in [-0.1, -0.05) is 20.8 Å². The van der Waals surface area contributed by atoms with Crippen molar-refractivity contribution in [3.63, 3.8) is 0 Å². The van der Waals surface area contributed by atoms with Gasteiger partial charge in [-0.05, 0) is 64.6 Å². The molecule has 0 spiro atoms. The van der Waals surface area contributed by atoms with Crippen molar-refractivity contribution >= 4 is 0 Å². The van der Waals surface area contributed by atoms with Crippen molar-refractivity contribution in [2.24, 2.45) is 11.8 Å². The average Bonchev–Trinajstić information content (AvgIpc) is 2.36. The number of piperidine rings is 1. The fraction of sp³-hybridized carbons (Fsp3) is 1.00. The van der Waals surface area contributed by atoms with Gasteiger partial charge in [0.25, 0.3) is 0 Å². The van der Waals surface area contributed by atoms with E-state index in [-0.39, 0.29) is 0 Å². The lowest BCUT2D eigenvalue weighted by Crippen LogP contribution is -2.49.